The van der Waals surface area contributed by atoms with Crippen molar-refractivity contribution in [1.82, 2.24) is 15.1 Å². The number of hydrogen-bond donors (Lipinski definition) is 1. The van der Waals surface area contributed by atoms with Crippen molar-refractivity contribution in [3.8, 4) is 0 Å². The van der Waals surface area contributed by atoms with Crippen molar-refractivity contribution in [3.05, 3.63) is 18.0 Å². The van der Waals surface area contributed by atoms with Crippen LogP contribution in [0.1, 0.15) is 23.8 Å². The van der Waals surface area contributed by atoms with Gasteiger partial charge in [0.1, 0.15) is 12.4 Å². The van der Waals surface area contributed by atoms with Crippen molar-refractivity contribution >= 4 is 5.91 Å². The molecule has 0 radical (unpaired) electrons. The van der Waals surface area contributed by atoms with E-state index < -0.39 is 0 Å². The minimum absolute atomic E-state index is 0.137. The number of hydrogen-bond acceptors (Lipinski definition) is 3. The fourth-order valence-electron chi connectivity index (χ4n) is 1.02. The highest BCUT2D eigenvalue weighted by Gasteiger charge is 2.07. The van der Waals surface area contributed by atoms with Crippen LogP contribution in [-0.2, 0) is 11.5 Å². The molecule has 0 aliphatic heterocycles. The molecule has 0 aliphatic rings. The molecule has 1 aromatic heterocycles. The van der Waals surface area contributed by atoms with Crippen molar-refractivity contribution in [1.29, 1.82) is 0 Å². The topological polar surface area (TPSA) is 56.2 Å². The van der Waals surface area contributed by atoms with Gasteiger partial charge in [0.25, 0.3) is 5.91 Å². The van der Waals surface area contributed by atoms with E-state index in [-0.39, 0.29) is 5.91 Å². The standard InChI is InChI=1S/C9H15N3O2/c1-3-5-10-9(13)8-4-6-12(11-8)7-14-2/h4,6H,3,5,7H2,1-2H3,(H,10,13). The molecule has 1 heterocycles. The number of ether oxygens (including phenoxy) is 1. The number of nitrogens with zero attached hydrogens (tertiary/aromatic N) is 2. The van der Waals surface area contributed by atoms with Crippen LogP contribution in [0.5, 0.6) is 0 Å². The Morgan fingerprint density at radius 2 is 2.50 bits per heavy atom. The van der Waals surface area contributed by atoms with Crippen molar-refractivity contribution < 1.29 is 9.53 Å². The van der Waals surface area contributed by atoms with E-state index in [0.717, 1.165) is 6.42 Å². The summed E-state index contributed by atoms with van der Waals surface area (Å²) in [4.78, 5) is 11.4. The van der Waals surface area contributed by atoms with E-state index >= 15 is 0 Å². The molecule has 0 bridgehead atoms. The molecule has 14 heavy (non-hydrogen) atoms. The summed E-state index contributed by atoms with van der Waals surface area (Å²) in [6.45, 7) is 3.04. The van der Waals surface area contributed by atoms with Crippen LogP contribution < -0.4 is 5.32 Å². The largest absolute Gasteiger partial charge is 0.362 e. The predicted molar refractivity (Wildman–Crippen MR) is 51.9 cm³/mol. The van der Waals surface area contributed by atoms with Gasteiger partial charge in [-0.05, 0) is 12.5 Å². The maximum Gasteiger partial charge on any atom is 0.271 e. The molecule has 0 aromatic carbocycles. The maximum absolute atomic E-state index is 11.4. The Kier molecular flexibility index (Phi) is 4.12. The van der Waals surface area contributed by atoms with Crippen LogP contribution in [0.4, 0.5) is 0 Å². The minimum Gasteiger partial charge on any atom is -0.362 e. The van der Waals surface area contributed by atoms with E-state index in [9.17, 15) is 4.79 Å². The third-order valence-electron chi connectivity index (χ3n) is 1.67. The maximum atomic E-state index is 11.4. The normalized spacial score (nSPS) is 10.1. The average molecular weight is 197 g/mol. The molecule has 78 valence electrons. The Hall–Kier alpha value is -1.36. The summed E-state index contributed by atoms with van der Waals surface area (Å²) in [7, 11) is 1.58. The number of carbonyl (C=O) groups excluding carboxylic acids is 1. The van der Waals surface area contributed by atoms with Gasteiger partial charge in [-0.1, -0.05) is 6.92 Å². The fourth-order valence-corrected chi connectivity index (χ4v) is 1.02. The molecule has 0 aliphatic carbocycles. The number of carbonyl (C=O) groups is 1. The third kappa shape index (κ3) is 2.85. The highest BCUT2D eigenvalue weighted by molar-refractivity contribution is 5.92. The Morgan fingerprint density at radius 3 is 3.14 bits per heavy atom. The number of aromatic nitrogens is 2. The summed E-state index contributed by atoms with van der Waals surface area (Å²) < 4.78 is 6.44. The summed E-state index contributed by atoms with van der Waals surface area (Å²) in [5.41, 5.74) is 0.426. The Morgan fingerprint density at radius 1 is 1.71 bits per heavy atom. The zero-order chi connectivity index (χ0) is 10.4. The Bertz CT molecular complexity index is 296. The highest BCUT2D eigenvalue weighted by atomic mass is 16.5. The lowest BCUT2D eigenvalue weighted by molar-refractivity contribution is 0.0940. The molecule has 1 rings (SSSR count). The highest BCUT2D eigenvalue weighted by Crippen LogP contribution is 1.95. The number of nitrogens with one attached hydrogen (secondary N) is 1. The zero-order valence-corrected chi connectivity index (χ0v) is 8.49. The monoisotopic (exact) mass is 197 g/mol. The SMILES string of the molecule is CCCNC(=O)c1ccn(COC)n1. The first-order chi connectivity index (χ1) is 6.77. The van der Waals surface area contributed by atoms with Gasteiger partial charge < -0.3 is 10.1 Å². The molecule has 1 amide bonds. The molecule has 0 spiro atoms. The average Bonchev–Trinajstić information content (AvgIpc) is 2.63. The molecular formula is C9H15N3O2. The second kappa shape index (κ2) is 5.39. The fraction of sp³-hybridized carbons (Fsp3) is 0.556. The molecular weight excluding hydrogens is 182 g/mol. The number of amides is 1. The molecule has 5 heteroatoms. The van der Waals surface area contributed by atoms with Crippen molar-refractivity contribution in [2.45, 2.75) is 20.1 Å². The lowest BCUT2D eigenvalue weighted by Crippen LogP contribution is -2.24. The lowest BCUT2D eigenvalue weighted by atomic mass is 10.4. The van der Waals surface area contributed by atoms with E-state index in [0.29, 0.717) is 19.0 Å². The van der Waals surface area contributed by atoms with Crippen molar-refractivity contribution in [3.63, 3.8) is 0 Å². The van der Waals surface area contributed by atoms with Gasteiger partial charge in [-0.25, -0.2) is 4.68 Å². The van der Waals surface area contributed by atoms with Gasteiger partial charge >= 0.3 is 0 Å². The first kappa shape index (κ1) is 10.7. The number of methoxy groups -OCH3 is 1. The Balaban J connectivity index is 2.53. The van der Waals surface area contributed by atoms with Crippen LogP contribution in [0.2, 0.25) is 0 Å². The zero-order valence-electron chi connectivity index (χ0n) is 8.49. The van der Waals surface area contributed by atoms with Gasteiger partial charge in [0.05, 0.1) is 0 Å². The summed E-state index contributed by atoms with van der Waals surface area (Å²) in [5.74, 6) is -0.137. The van der Waals surface area contributed by atoms with E-state index in [4.69, 9.17) is 4.74 Å². The van der Waals surface area contributed by atoms with Crippen LogP contribution in [0.25, 0.3) is 0 Å². The van der Waals surface area contributed by atoms with Crippen LogP contribution >= 0.6 is 0 Å². The van der Waals surface area contributed by atoms with Crippen LogP contribution in [-0.4, -0.2) is 29.3 Å². The van der Waals surface area contributed by atoms with Gasteiger partial charge in [-0.15, -0.1) is 0 Å². The van der Waals surface area contributed by atoms with E-state index in [1.807, 2.05) is 6.92 Å². The first-order valence-corrected chi connectivity index (χ1v) is 4.58. The van der Waals surface area contributed by atoms with Gasteiger partial charge in [0.15, 0.2) is 0 Å². The van der Waals surface area contributed by atoms with Crippen molar-refractivity contribution in [2.75, 3.05) is 13.7 Å². The van der Waals surface area contributed by atoms with Crippen LogP contribution in [0.15, 0.2) is 12.3 Å². The Labute approximate surface area is 83.1 Å². The van der Waals surface area contributed by atoms with E-state index in [2.05, 4.69) is 10.4 Å². The lowest BCUT2D eigenvalue weighted by Gasteiger charge is -2.00. The van der Waals surface area contributed by atoms with Gasteiger partial charge in [0, 0.05) is 19.9 Å². The second-order valence-electron chi connectivity index (χ2n) is 2.91. The summed E-state index contributed by atoms with van der Waals surface area (Å²) in [6.07, 6.45) is 2.63. The second-order valence-corrected chi connectivity index (χ2v) is 2.91. The summed E-state index contributed by atoms with van der Waals surface area (Å²) >= 11 is 0. The predicted octanol–water partition coefficient (Wildman–Crippen LogP) is 0.627. The van der Waals surface area contributed by atoms with Gasteiger partial charge in [-0.3, -0.25) is 4.79 Å². The minimum atomic E-state index is -0.137. The van der Waals surface area contributed by atoms with Crippen molar-refractivity contribution in [2.24, 2.45) is 0 Å². The molecule has 1 aromatic rings. The smallest absolute Gasteiger partial charge is 0.271 e. The van der Waals surface area contributed by atoms with E-state index in [1.54, 1.807) is 24.1 Å². The molecule has 0 atom stereocenters. The molecule has 0 saturated heterocycles. The molecule has 0 fully saturated rings. The molecule has 5 nitrogen and oxygen atoms in total. The van der Waals surface area contributed by atoms with Crippen LogP contribution in [0.3, 0.4) is 0 Å². The number of rotatable bonds is 5. The molecule has 0 unspecified atom stereocenters. The third-order valence-corrected chi connectivity index (χ3v) is 1.67. The van der Waals surface area contributed by atoms with Gasteiger partial charge in [0.2, 0.25) is 0 Å². The molecule has 0 saturated carbocycles. The molecule has 1 N–H and O–H groups in total. The summed E-state index contributed by atoms with van der Waals surface area (Å²) in [6, 6.07) is 1.67. The van der Waals surface area contributed by atoms with Crippen LogP contribution in [0, 0.1) is 0 Å². The quantitative estimate of drug-likeness (QED) is 0.753. The first-order valence-electron chi connectivity index (χ1n) is 4.58. The summed E-state index contributed by atoms with van der Waals surface area (Å²) in [5, 5.41) is 6.78. The van der Waals surface area contributed by atoms with E-state index in [1.165, 1.54) is 0 Å². The van der Waals surface area contributed by atoms with Gasteiger partial charge in [-0.2, -0.15) is 5.10 Å².